The lowest BCUT2D eigenvalue weighted by Crippen LogP contribution is -1.96. The molecule has 6 heteroatoms. The predicted octanol–water partition coefficient (Wildman–Crippen LogP) is 3.90. The molecule has 0 fully saturated rings. The summed E-state index contributed by atoms with van der Waals surface area (Å²) in [5, 5.41) is 12.9. The van der Waals surface area contributed by atoms with Crippen molar-refractivity contribution in [3.8, 4) is 10.8 Å². The van der Waals surface area contributed by atoms with Gasteiger partial charge in [-0.2, -0.15) is 0 Å². The van der Waals surface area contributed by atoms with Crippen molar-refractivity contribution in [1.82, 2.24) is 4.98 Å². The van der Waals surface area contributed by atoms with E-state index in [4.69, 9.17) is 4.42 Å². The van der Waals surface area contributed by atoms with Crippen LogP contribution in [0, 0.1) is 10.1 Å². The lowest BCUT2D eigenvalue weighted by atomic mass is 10.1. The van der Waals surface area contributed by atoms with Crippen LogP contribution >= 0.6 is 11.3 Å². The van der Waals surface area contributed by atoms with Gasteiger partial charge >= 0.3 is 0 Å². The van der Waals surface area contributed by atoms with Crippen molar-refractivity contribution in [2.75, 3.05) is 0 Å². The Hall–Kier alpha value is -2.47. The second-order valence-electron chi connectivity index (χ2n) is 4.18. The van der Waals surface area contributed by atoms with Gasteiger partial charge in [0.2, 0.25) is 5.89 Å². The number of benzene rings is 1. The van der Waals surface area contributed by atoms with Crippen LogP contribution in [0.25, 0.3) is 10.8 Å². The normalized spacial score (nSPS) is 10.6. The number of nitro groups is 1. The highest BCUT2D eigenvalue weighted by Crippen LogP contribution is 2.26. The van der Waals surface area contributed by atoms with Crippen molar-refractivity contribution in [1.29, 1.82) is 0 Å². The fourth-order valence-electron chi connectivity index (χ4n) is 1.94. The summed E-state index contributed by atoms with van der Waals surface area (Å²) >= 11 is 1.54. The number of aromatic nitrogens is 1. The number of thiophene rings is 1. The summed E-state index contributed by atoms with van der Waals surface area (Å²) in [6, 6.07) is 10.5. The first-order valence-corrected chi connectivity index (χ1v) is 6.82. The first-order chi connectivity index (χ1) is 9.74. The Morgan fingerprint density at radius 3 is 2.85 bits per heavy atom. The van der Waals surface area contributed by atoms with Gasteiger partial charge in [0.25, 0.3) is 5.69 Å². The molecule has 0 radical (unpaired) electrons. The van der Waals surface area contributed by atoms with E-state index in [1.54, 1.807) is 24.5 Å². The van der Waals surface area contributed by atoms with Crippen LogP contribution in [-0.2, 0) is 6.42 Å². The summed E-state index contributed by atoms with van der Waals surface area (Å²) in [7, 11) is 0. The van der Waals surface area contributed by atoms with Crippen molar-refractivity contribution in [3.63, 3.8) is 0 Å². The molecule has 3 rings (SSSR count). The fraction of sp³-hybridized carbons (Fsp3) is 0.0714. The van der Waals surface area contributed by atoms with E-state index in [-0.39, 0.29) is 10.6 Å². The molecule has 100 valence electrons. The predicted molar refractivity (Wildman–Crippen MR) is 75.7 cm³/mol. The molecule has 1 aromatic carbocycles. The molecule has 0 amide bonds. The van der Waals surface area contributed by atoms with Gasteiger partial charge in [-0.05, 0) is 11.4 Å². The van der Waals surface area contributed by atoms with Gasteiger partial charge < -0.3 is 4.42 Å². The topological polar surface area (TPSA) is 69.2 Å². The van der Waals surface area contributed by atoms with E-state index < -0.39 is 0 Å². The summed E-state index contributed by atoms with van der Waals surface area (Å²) in [5.41, 5.74) is 1.42. The van der Waals surface area contributed by atoms with Crippen LogP contribution in [0.3, 0.4) is 0 Å². The smallest absolute Gasteiger partial charge is 0.272 e. The molecule has 0 spiro atoms. The van der Waals surface area contributed by atoms with E-state index in [0.29, 0.717) is 23.6 Å². The van der Waals surface area contributed by atoms with Crippen LogP contribution in [0.2, 0.25) is 0 Å². The number of rotatable bonds is 4. The fourth-order valence-corrected chi connectivity index (χ4v) is 2.59. The van der Waals surface area contributed by atoms with Gasteiger partial charge in [-0.25, -0.2) is 4.98 Å². The third-order valence-corrected chi connectivity index (χ3v) is 3.70. The van der Waals surface area contributed by atoms with E-state index in [1.165, 1.54) is 17.4 Å². The molecule has 3 aromatic rings. The average molecular weight is 286 g/mol. The Kier molecular flexibility index (Phi) is 3.30. The molecule has 0 saturated carbocycles. The molecule has 20 heavy (non-hydrogen) atoms. The van der Waals surface area contributed by atoms with Crippen LogP contribution < -0.4 is 0 Å². The number of oxazole rings is 1. The highest BCUT2D eigenvalue weighted by Gasteiger charge is 2.15. The molecule has 0 N–H and O–H groups in total. The minimum absolute atomic E-state index is 0.105. The molecule has 0 bridgehead atoms. The summed E-state index contributed by atoms with van der Waals surface area (Å²) in [6.45, 7) is 0. The maximum absolute atomic E-state index is 11.0. The van der Waals surface area contributed by atoms with Crippen LogP contribution in [0.5, 0.6) is 0 Å². The molecule has 0 aliphatic heterocycles. The molecule has 0 saturated heterocycles. The number of nitrogens with zero attached hydrogens (tertiary/aromatic N) is 2. The molecular formula is C14H10N2O3S. The first-order valence-electron chi connectivity index (χ1n) is 5.94. The zero-order chi connectivity index (χ0) is 13.9. The number of nitro benzene ring substituents is 1. The van der Waals surface area contributed by atoms with E-state index in [9.17, 15) is 10.1 Å². The molecular weight excluding hydrogens is 276 g/mol. The molecule has 5 nitrogen and oxygen atoms in total. The zero-order valence-electron chi connectivity index (χ0n) is 10.4. The monoisotopic (exact) mass is 286 g/mol. The summed E-state index contributed by atoms with van der Waals surface area (Å²) < 4.78 is 5.41. The lowest BCUT2D eigenvalue weighted by Gasteiger charge is -1.99. The van der Waals surface area contributed by atoms with E-state index in [2.05, 4.69) is 4.98 Å². The molecule has 0 atom stereocenters. The summed E-state index contributed by atoms with van der Waals surface area (Å²) in [4.78, 5) is 15.9. The second-order valence-corrected chi connectivity index (χ2v) is 5.13. The standard InChI is InChI=1S/C14H10N2O3S/c17-16(18)12-5-2-1-4-10(12)8-11-9-19-14(15-11)13-6-3-7-20-13/h1-7,9H,8H2. The van der Waals surface area contributed by atoms with Gasteiger partial charge in [-0.1, -0.05) is 24.3 Å². The minimum Gasteiger partial charge on any atom is -0.444 e. The third-order valence-electron chi connectivity index (χ3n) is 2.84. The molecule has 2 aromatic heterocycles. The van der Waals surface area contributed by atoms with Gasteiger partial charge in [-0.3, -0.25) is 10.1 Å². The van der Waals surface area contributed by atoms with Crippen LogP contribution in [0.1, 0.15) is 11.3 Å². The van der Waals surface area contributed by atoms with E-state index in [1.807, 2.05) is 17.5 Å². The Bertz CT molecular complexity index is 734. The van der Waals surface area contributed by atoms with E-state index >= 15 is 0 Å². The lowest BCUT2D eigenvalue weighted by molar-refractivity contribution is -0.385. The second kappa shape index (κ2) is 5.26. The number of hydrogen-bond donors (Lipinski definition) is 0. The van der Waals surface area contributed by atoms with Gasteiger partial charge in [0, 0.05) is 18.1 Å². The van der Waals surface area contributed by atoms with Gasteiger partial charge in [0.1, 0.15) is 6.26 Å². The quantitative estimate of drug-likeness (QED) is 0.538. The summed E-state index contributed by atoms with van der Waals surface area (Å²) in [6.07, 6.45) is 1.93. The first kappa shape index (κ1) is 12.6. The van der Waals surface area contributed by atoms with Crippen LogP contribution in [0.4, 0.5) is 5.69 Å². The summed E-state index contributed by atoms with van der Waals surface area (Å²) in [5.74, 6) is 0.550. The molecule has 0 aliphatic carbocycles. The third kappa shape index (κ3) is 2.46. The zero-order valence-corrected chi connectivity index (χ0v) is 11.2. The Morgan fingerprint density at radius 2 is 2.10 bits per heavy atom. The SMILES string of the molecule is O=[N+]([O-])c1ccccc1Cc1coc(-c2cccs2)n1. The van der Waals surface area contributed by atoms with Crippen molar-refractivity contribution in [3.05, 3.63) is 69.4 Å². The maximum atomic E-state index is 11.0. The maximum Gasteiger partial charge on any atom is 0.272 e. The number of para-hydroxylation sites is 1. The number of hydrogen-bond acceptors (Lipinski definition) is 5. The highest BCUT2D eigenvalue weighted by molar-refractivity contribution is 7.13. The Labute approximate surface area is 118 Å². The van der Waals surface area contributed by atoms with Crippen LogP contribution in [0.15, 0.2) is 52.5 Å². The van der Waals surface area contributed by atoms with Gasteiger partial charge in [-0.15, -0.1) is 11.3 Å². The van der Waals surface area contributed by atoms with E-state index in [0.717, 1.165) is 4.88 Å². The molecule has 0 unspecified atom stereocenters. The average Bonchev–Trinajstić information content (AvgIpc) is 3.09. The highest BCUT2D eigenvalue weighted by atomic mass is 32.1. The molecule has 2 heterocycles. The minimum atomic E-state index is -0.379. The molecule has 0 aliphatic rings. The van der Waals surface area contributed by atoms with Crippen molar-refractivity contribution >= 4 is 17.0 Å². The van der Waals surface area contributed by atoms with Gasteiger partial charge in [0.15, 0.2) is 0 Å². The van der Waals surface area contributed by atoms with Gasteiger partial charge in [0.05, 0.1) is 15.5 Å². The van der Waals surface area contributed by atoms with Crippen molar-refractivity contribution < 1.29 is 9.34 Å². The Morgan fingerprint density at radius 1 is 1.25 bits per heavy atom. The van der Waals surface area contributed by atoms with Crippen molar-refractivity contribution in [2.45, 2.75) is 6.42 Å². The Balaban J connectivity index is 1.87. The largest absolute Gasteiger partial charge is 0.444 e. The van der Waals surface area contributed by atoms with Crippen LogP contribution in [-0.4, -0.2) is 9.91 Å². The van der Waals surface area contributed by atoms with Crippen molar-refractivity contribution in [2.24, 2.45) is 0 Å².